The van der Waals surface area contributed by atoms with E-state index in [0.717, 1.165) is 11.4 Å². The van der Waals surface area contributed by atoms with Crippen LogP contribution in [-0.2, 0) is 11.2 Å². The SMILES string of the molecule is CC(C)(O)O.COC(C#N)(CO)CCc1ccc2n1NCN=C2N. The normalized spacial score (nSPS) is 15.8. The van der Waals surface area contributed by atoms with E-state index in [2.05, 4.69) is 10.4 Å². The number of nitriles is 1. The van der Waals surface area contributed by atoms with Crippen molar-refractivity contribution in [2.75, 3.05) is 25.8 Å². The fourth-order valence-electron chi connectivity index (χ4n) is 2.05. The van der Waals surface area contributed by atoms with Crippen molar-refractivity contribution in [2.24, 2.45) is 10.7 Å². The summed E-state index contributed by atoms with van der Waals surface area (Å²) in [6.45, 7) is 2.69. The number of aryl methyl sites for hydroxylation is 1. The second-order valence-electron chi connectivity index (χ2n) is 5.87. The second kappa shape index (κ2) is 8.12. The van der Waals surface area contributed by atoms with Gasteiger partial charge in [0.2, 0.25) is 0 Å². The molecule has 9 heteroatoms. The minimum atomic E-state index is -1.50. The van der Waals surface area contributed by atoms with Gasteiger partial charge in [0.15, 0.2) is 11.4 Å². The third-order valence-electron chi connectivity index (χ3n) is 3.34. The molecule has 1 aliphatic rings. The Labute approximate surface area is 141 Å². The monoisotopic (exact) mass is 339 g/mol. The van der Waals surface area contributed by atoms with Crippen molar-refractivity contribution in [3.05, 3.63) is 23.5 Å². The molecule has 1 atom stereocenters. The Morgan fingerprint density at radius 2 is 2.08 bits per heavy atom. The highest BCUT2D eigenvalue weighted by atomic mass is 16.5. The molecule has 2 rings (SSSR count). The van der Waals surface area contributed by atoms with Crippen LogP contribution in [0.2, 0.25) is 0 Å². The van der Waals surface area contributed by atoms with E-state index in [4.69, 9.17) is 25.9 Å². The van der Waals surface area contributed by atoms with Crippen LogP contribution in [0, 0.1) is 11.3 Å². The van der Waals surface area contributed by atoms with Gasteiger partial charge in [-0.3, -0.25) is 4.68 Å². The Balaban J connectivity index is 0.000000505. The molecule has 0 spiro atoms. The minimum Gasteiger partial charge on any atom is -0.392 e. The first-order valence-corrected chi connectivity index (χ1v) is 7.42. The Morgan fingerprint density at radius 3 is 2.58 bits per heavy atom. The summed E-state index contributed by atoms with van der Waals surface area (Å²) in [5, 5.41) is 34.5. The van der Waals surface area contributed by atoms with Gasteiger partial charge in [-0.15, -0.1) is 0 Å². The van der Waals surface area contributed by atoms with Gasteiger partial charge in [-0.1, -0.05) is 0 Å². The maximum absolute atomic E-state index is 9.28. The molecule has 0 bridgehead atoms. The number of nitrogens with zero attached hydrogens (tertiary/aromatic N) is 3. The number of aliphatic hydroxyl groups is 3. The number of aliphatic imine (C=N–C) groups is 1. The van der Waals surface area contributed by atoms with Crippen molar-refractivity contribution in [2.45, 2.75) is 38.1 Å². The van der Waals surface area contributed by atoms with Crippen molar-refractivity contribution in [1.82, 2.24) is 4.68 Å². The van der Waals surface area contributed by atoms with E-state index < -0.39 is 11.4 Å². The van der Waals surface area contributed by atoms with Crippen molar-refractivity contribution in [3.8, 4) is 6.07 Å². The lowest BCUT2D eigenvalue weighted by Gasteiger charge is -2.23. The van der Waals surface area contributed by atoms with Crippen LogP contribution in [0.4, 0.5) is 0 Å². The molecule has 1 aliphatic heterocycles. The highest BCUT2D eigenvalue weighted by Gasteiger charge is 2.29. The van der Waals surface area contributed by atoms with E-state index in [-0.39, 0.29) is 6.61 Å². The molecular weight excluding hydrogens is 314 g/mol. The Hall–Kier alpha value is -2.12. The highest BCUT2D eigenvalue weighted by Crippen LogP contribution is 2.19. The third kappa shape index (κ3) is 5.50. The first-order chi connectivity index (χ1) is 11.2. The van der Waals surface area contributed by atoms with Gasteiger partial charge in [0.05, 0.1) is 6.61 Å². The molecule has 0 fully saturated rings. The van der Waals surface area contributed by atoms with Gasteiger partial charge in [-0.05, 0) is 38.8 Å². The molecule has 6 N–H and O–H groups in total. The van der Waals surface area contributed by atoms with Crippen LogP contribution in [0.25, 0.3) is 0 Å². The summed E-state index contributed by atoms with van der Waals surface area (Å²) >= 11 is 0. The predicted octanol–water partition coefficient (Wildman–Crippen LogP) is -0.751. The largest absolute Gasteiger partial charge is 0.392 e. The number of rotatable bonds is 5. The van der Waals surface area contributed by atoms with Gasteiger partial charge in [-0.2, -0.15) is 5.26 Å². The molecule has 0 saturated heterocycles. The van der Waals surface area contributed by atoms with Crippen LogP contribution in [0.15, 0.2) is 17.1 Å². The zero-order valence-corrected chi connectivity index (χ0v) is 14.2. The number of amidine groups is 1. The van der Waals surface area contributed by atoms with Crippen LogP contribution in [0.5, 0.6) is 0 Å². The molecule has 24 heavy (non-hydrogen) atoms. The number of hydrogen-bond donors (Lipinski definition) is 5. The maximum atomic E-state index is 9.28. The van der Waals surface area contributed by atoms with Gasteiger partial charge in [0.1, 0.15) is 24.3 Å². The summed E-state index contributed by atoms with van der Waals surface area (Å²) < 4.78 is 6.97. The summed E-state index contributed by atoms with van der Waals surface area (Å²) in [7, 11) is 1.43. The molecule has 0 aromatic carbocycles. The quantitative estimate of drug-likeness (QED) is 0.443. The summed E-state index contributed by atoms with van der Waals surface area (Å²) in [5.41, 5.74) is 9.51. The van der Waals surface area contributed by atoms with Gasteiger partial charge in [-0.25, -0.2) is 4.99 Å². The number of nitrogens with two attached hydrogens (primary N) is 1. The van der Waals surface area contributed by atoms with Crippen LogP contribution < -0.4 is 11.2 Å². The van der Waals surface area contributed by atoms with Gasteiger partial charge >= 0.3 is 0 Å². The molecule has 0 amide bonds. The topological polar surface area (TPSA) is 149 Å². The van der Waals surface area contributed by atoms with Crippen LogP contribution >= 0.6 is 0 Å². The molecule has 2 heterocycles. The van der Waals surface area contributed by atoms with E-state index in [1.165, 1.54) is 21.0 Å². The van der Waals surface area contributed by atoms with Gasteiger partial charge < -0.3 is 31.2 Å². The average Bonchev–Trinajstić information content (AvgIpc) is 2.92. The maximum Gasteiger partial charge on any atom is 0.176 e. The summed E-state index contributed by atoms with van der Waals surface area (Å²) in [6.07, 6.45) is 0.987. The summed E-state index contributed by atoms with van der Waals surface area (Å²) in [6, 6.07) is 5.81. The summed E-state index contributed by atoms with van der Waals surface area (Å²) in [4.78, 5) is 4.09. The van der Waals surface area contributed by atoms with Gasteiger partial charge in [0, 0.05) is 12.8 Å². The smallest absolute Gasteiger partial charge is 0.176 e. The van der Waals surface area contributed by atoms with Crippen LogP contribution in [-0.4, -0.2) is 57.6 Å². The molecule has 0 saturated carbocycles. The van der Waals surface area contributed by atoms with Crippen molar-refractivity contribution in [1.29, 1.82) is 5.26 Å². The predicted molar refractivity (Wildman–Crippen MR) is 88.7 cm³/mol. The molecule has 1 unspecified atom stereocenters. The second-order valence-corrected chi connectivity index (χ2v) is 5.87. The van der Waals surface area contributed by atoms with E-state index in [1.807, 2.05) is 22.9 Å². The number of fused-ring (bicyclic) bond motifs is 1. The van der Waals surface area contributed by atoms with E-state index in [0.29, 0.717) is 25.3 Å². The van der Waals surface area contributed by atoms with Gasteiger partial charge in [0.25, 0.3) is 0 Å². The number of methoxy groups -OCH3 is 1. The molecular formula is C15H25N5O4. The molecule has 1 aromatic heterocycles. The lowest BCUT2D eigenvalue weighted by molar-refractivity contribution is -0.127. The number of ether oxygens (including phenoxy) is 1. The fourth-order valence-corrected chi connectivity index (χ4v) is 2.05. The zero-order valence-electron chi connectivity index (χ0n) is 14.2. The lowest BCUT2D eigenvalue weighted by Crippen LogP contribution is -2.36. The number of aliphatic hydroxyl groups excluding tert-OH is 1. The molecule has 0 aliphatic carbocycles. The number of hydrogen-bond acceptors (Lipinski definition) is 8. The lowest BCUT2D eigenvalue weighted by atomic mass is 9.99. The Morgan fingerprint density at radius 1 is 1.46 bits per heavy atom. The molecule has 1 aromatic rings. The fraction of sp³-hybridized carbons (Fsp3) is 0.600. The van der Waals surface area contributed by atoms with E-state index >= 15 is 0 Å². The number of aromatic nitrogens is 1. The van der Waals surface area contributed by atoms with Crippen LogP contribution in [0.1, 0.15) is 31.7 Å². The highest BCUT2D eigenvalue weighted by molar-refractivity contribution is 5.96. The zero-order chi connectivity index (χ0) is 18.4. The average molecular weight is 339 g/mol. The van der Waals surface area contributed by atoms with Crippen molar-refractivity contribution in [3.63, 3.8) is 0 Å². The van der Waals surface area contributed by atoms with E-state index in [9.17, 15) is 5.11 Å². The summed E-state index contributed by atoms with van der Waals surface area (Å²) in [5.74, 6) is -1.01. The third-order valence-corrected chi connectivity index (χ3v) is 3.34. The molecule has 134 valence electrons. The molecule has 9 nitrogen and oxygen atoms in total. The van der Waals surface area contributed by atoms with Crippen LogP contribution in [0.3, 0.4) is 0 Å². The van der Waals surface area contributed by atoms with Crippen molar-refractivity contribution >= 4 is 5.84 Å². The standard InChI is InChI=1S/C12H17N5O2.C3H8O2/c1-19-12(6-13,7-18)5-4-9-2-3-10-11(14)15-8-16-17(9)10;1-3(2,4)5/h2-3,16,18H,4-5,7-8H2,1H3,(H2,14,15);4-5H,1-2H3. The molecule has 0 radical (unpaired) electrons. The Bertz CT molecular complexity index is 602. The van der Waals surface area contributed by atoms with Crippen molar-refractivity contribution < 1.29 is 20.1 Å². The Kier molecular flexibility index (Phi) is 6.74. The first-order valence-electron chi connectivity index (χ1n) is 7.42. The van der Waals surface area contributed by atoms with E-state index in [1.54, 1.807) is 0 Å². The number of nitrogens with one attached hydrogen (secondary N) is 1. The first kappa shape index (κ1) is 19.9. The minimum absolute atomic E-state index is 0.329.